The van der Waals surface area contributed by atoms with Crippen LogP contribution in [-0.2, 0) is 4.74 Å². The number of nitrogens with zero attached hydrogens (tertiary/aromatic N) is 2. The highest BCUT2D eigenvalue weighted by molar-refractivity contribution is 5.69. The van der Waals surface area contributed by atoms with Crippen LogP contribution in [0.2, 0.25) is 0 Å². The summed E-state index contributed by atoms with van der Waals surface area (Å²) in [6, 6.07) is -0.136. The highest BCUT2D eigenvalue weighted by Gasteiger charge is 2.30. The predicted molar refractivity (Wildman–Crippen MR) is 59.4 cm³/mol. The third-order valence-corrected chi connectivity index (χ3v) is 2.65. The smallest absolute Gasteiger partial charge is 0.410 e. The van der Waals surface area contributed by atoms with E-state index in [0.29, 0.717) is 13.0 Å². The molecule has 0 N–H and O–H groups in total. The van der Waals surface area contributed by atoms with Gasteiger partial charge in [0, 0.05) is 20.1 Å². The maximum absolute atomic E-state index is 11.7. The summed E-state index contributed by atoms with van der Waals surface area (Å²) in [5.41, 5.74) is -0.544. The van der Waals surface area contributed by atoms with Crippen LogP contribution in [0.5, 0.6) is 0 Å². The van der Waals surface area contributed by atoms with Gasteiger partial charge >= 0.3 is 6.09 Å². The molecule has 0 radical (unpaired) electrons. The number of hydrogen-bond donors (Lipinski definition) is 0. The second-order valence-electron chi connectivity index (χ2n) is 5.25. The SMILES string of the molecule is CN(C(=O)OC(C)(C)C)C1CCN(C(=O)[O-])C1. The van der Waals surface area contributed by atoms with Crippen molar-refractivity contribution in [3.8, 4) is 0 Å². The van der Waals surface area contributed by atoms with Crippen LogP contribution in [0, 0.1) is 0 Å². The normalized spacial score (nSPS) is 20.2. The minimum absolute atomic E-state index is 0.136. The van der Waals surface area contributed by atoms with Gasteiger partial charge in [0.15, 0.2) is 0 Å². The lowest BCUT2D eigenvalue weighted by Crippen LogP contribution is -2.44. The van der Waals surface area contributed by atoms with Crippen molar-refractivity contribution >= 4 is 12.2 Å². The van der Waals surface area contributed by atoms with Gasteiger partial charge in [0.2, 0.25) is 0 Å². The molecule has 1 atom stereocenters. The summed E-state index contributed by atoms with van der Waals surface area (Å²) in [7, 11) is 1.62. The minimum Gasteiger partial charge on any atom is -0.530 e. The van der Waals surface area contributed by atoms with E-state index in [1.165, 1.54) is 9.80 Å². The molecular weight excluding hydrogens is 224 g/mol. The molecule has 0 aromatic rings. The van der Waals surface area contributed by atoms with Crippen molar-refractivity contribution in [1.29, 1.82) is 0 Å². The van der Waals surface area contributed by atoms with E-state index >= 15 is 0 Å². The zero-order valence-electron chi connectivity index (χ0n) is 10.7. The number of amides is 2. The van der Waals surface area contributed by atoms with E-state index in [-0.39, 0.29) is 12.6 Å². The molecular formula is C11H19N2O4-. The number of carboxylic acid groups (broad SMARTS) is 1. The molecule has 1 unspecified atom stereocenters. The molecule has 1 fully saturated rings. The Hall–Kier alpha value is -1.46. The Balaban J connectivity index is 2.52. The molecule has 98 valence electrons. The van der Waals surface area contributed by atoms with Crippen molar-refractivity contribution < 1.29 is 19.4 Å². The fourth-order valence-electron chi connectivity index (χ4n) is 1.71. The van der Waals surface area contributed by atoms with Crippen LogP contribution in [0.3, 0.4) is 0 Å². The van der Waals surface area contributed by atoms with Gasteiger partial charge in [-0.05, 0) is 27.2 Å². The molecule has 17 heavy (non-hydrogen) atoms. The van der Waals surface area contributed by atoms with Crippen LogP contribution in [0.4, 0.5) is 9.59 Å². The van der Waals surface area contributed by atoms with Gasteiger partial charge in [-0.2, -0.15) is 0 Å². The minimum atomic E-state index is -1.19. The van der Waals surface area contributed by atoms with Gasteiger partial charge < -0.3 is 24.4 Å². The van der Waals surface area contributed by atoms with Crippen molar-refractivity contribution in [3.63, 3.8) is 0 Å². The Morgan fingerprint density at radius 3 is 2.41 bits per heavy atom. The number of carbonyl (C=O) groups excluding carboxylic acids is 2. The van der Waals surface area contributed by atoms with Gasteiger partial charge in [-0.25, -0.2) is 4.79 Å². The molecule has 2 amide bonds. The zero-order chi connectivity index (χ0) is 13.2. The lowest BCUT2D eigenvalue weighted by atomic mass is 10.2. The number of rotatable bonds is 1. The summed E-state index contributed by atoms with van der Waals surface area (Å²) >= 11 is 0. The summed E-state index contributed by atoms with van der Waals surface area (Å²) in [6.07, 6.45) is -1.00. The first-order valence-electron chi connectivity index (χ1n) is 5.62. The molecule has 1 heterocycles. The average molecular weight is 243 g/mol. The average Bonchev–Trinajstić information content (AvgIpc) is 2.62. The van der Waals surface area contributed by atoms with Crippen molar-refractivity contribution in [2.45, 2.75) is 38.8 Å². The summed E-state index contributed by atoms with van der Waals surface area (Å²) < 4.78 is 5.21. The number of likely N-dealkylation sites (N-methyl/N-ethyl adjacent to an activating group) is 1. The van der Waals surface area contributed by atoms with Gasteiger partial charge in [-0.15, -0.1) is 0 Å². The number of carbonyl (C=O) groups is 2. The maximum atomic E-state index is 11.7. The van der Waals surface area contributed by atoms with Crippen molar-refractivity contribution in [2.24, 2.45) is 0 Å². The molecule has 1 aliphatic rings. The molecule has 1 saturated heterocycles. The number of likely N-dealkylation sites (tertiary alicyclic amines) is 1. The first kappa shape index (κ1) is 13.6. The van der Waals surface area contributed by atoms with E-state index in [1.54, 1.807) is 27.8 Å². The fourth-order valence-corrected chi connectivity index (χ4v) is 1.71. The van der Waals surface area contributed by atoms with Crippen LogP contribution >= 0.6 is 0 Å². The fraction of sp³-hybridized carbons (Fsp3) is 0.818. The van der Waals surface area contributed by atoms with Crippen LogP contribution in [-0.4, -0.2) is 53.8 Å². The molecule has 0 spiro atoms. The van der Waals surface area contributed by atoms with Crippen LogP contribution in [0.25, 0.3) is 0 Å². The molecule has 1 aliphatic heterocycles. The largest absolute Gasteiger partial charge is 0.530 e. The van der Waals surface area contributed by atoms with Gasteiger partial charge in [0.25, 0.3) is 0 Å². The van der Waals surface area contributed by atoms with Crippen LogP contribution < -0.4 is 5.11 Å². The zero-order valence-corrected chi connectivity index (χ0v) is 10.7. The summed E-state index contributed by atoms with van der Waals surface area (Å²) in [4.78, 5) is 25.0. The van der Waals surface area contributed by atoms with E-state index in [4.69, 9.17) is 4.74 Å². The van der Waals surface area contributed by atoms with E-state index in [2.05, 4.69) is 0 Å². The third kappa shape index (κ3) is 3.80. The first-order valence-corrected chi connectivity index (χ1v) is 5.62. The molecule has 0 aromatic carbocycles. The highest BCUT2D eigenvalue weighted by Crippen LogP contribution is 2.17. The quantitative estimate of drug-likeness (QED) is 0.662. The van der Waals surface area contributed by atoms with Crippen molar-refractivity contribution in [3.05, 3.63) is 0 Å². The van der Waals surface area contributed by atoms with Crippen molar-refractivity contribution in [2.75, 3.05) is 20.1 Å². The molecule has 6 nitrogen and oxygen atoms in total. The summed E-state index contributed by atoms with van der Waals surface area (Å²) in [5, 5.41) is 10.6. The summed E-state index contributed by atoms with van der Waals surface area (Å²) in [6.45, 7) is 6.07. The van der Waals surface area contributed by atoms with Gasteiger partial charge in [-0.1, -0.05) is 0 Å². The molecule has 1 rings (SSSR count). The number of ether oxygens (including phenoxy) is 1. The van der Waals surface area contributed by atoms with Gasteiger partial charge in [0.1, 0.15) is 11.7 Å². The Bertz CT molecular complexity index is 311. The van der Waals surface area contributed by atoms with Gasteiger partial charge in [0.05, 0.1) is 6.04 Å². The molecule has 0 bridgehead atoms. The lowest BCUT2D eigenvalue weighted by molar-refractivity contribution is -0.264. The van der Waals surface area contributed by atoms with E-state index < -0.39 is 17.8 Å². The Labute approximate surface area is 101 Å². The first-order chi connectivity index (χ1) is 7.70. The Kier molecular flexibility index (Phi) is 3.85. The van der Waals surface area contributed by atoms with Crippen LogP contribution in [0.1, 0.15) is 27.2 Å². The predicted octanol–water partition coefficient (Wildman–Crippen LogP) is 0.271. The summed E-state index contributed by atoms with van der Waals surface area (Å²) in [5.74, 6) is 0. The topological polar surface area (TPSA) is 72.9 Å². The molecule has 6 heteroatoms. The monoisotopic (exact) mass is 243 g/mol. The highest BCUT2D eigenvalue weighted by atomic mass is 16.6. The van der Waals surface area contributed by atoms with Crippen LogP contribution in [0.15, 0.2) is 0 Å². The third-order valence-electron chi connectivity index (χ3n) is 2.65. The second-order valence-corrected chi connectivity index (χ2v) is 5.25. The maximum Gasteiger partial charge on any atom is 0.410 e. The Morgan fingerprint density at radius 2 is 2.00 bits per heavy atom. The molecule has 0 saturated carbocycles. The van der Waals surface area contributed by atoms with E-state index in [1.807, 2.05) is 0 Å². The molecule has 0 aromatic heterocycles. The lowest BCUT2D eigenvalue weighted by Gasteiger charge is -2.28. The van der Waals surface area contributed by atoms with E-state index in [9.17, 15) is 14.7 Å². The Morgan fingerprint density at radius 1 is 1.41 bits per heavy atom. The molecule has 0 aliphatic carbocycles. The van der Waals surface area contributed by atoms with Gasteiger partial charge in [-0.3, -0.25) is 0 Å². The standard InChI is InChI=1S/C11H20N2O4/c1-11(2,3)17-10(16)12(4)8-5-6-13(7-8)9(14)15/h8H,5-7H2,1-4H3,(H,14,15)/p-1. The number of hydrogen-bond acceptors (Lipinski definition) is 4. The second kappa shape index (κ2) is 4.81. The van der Waals surface area contributed by atoms with Crippen molar-refractivity contribution in [1.82, 2.24) is 9.80 Å². The van der Waals surface area contributed by atoms with E-state index in [0.717, 1.165) is 0 Å².